The average Bonchev–Trinajstić information content (AvgIpc) is 2.28. The molecule has 0 aliphatic carbocycles. The number of hydrogen-bond donors (Lipinski definition) is 1. The van der Waals surface area contributed by atoms with Gasteiger partial charge in [-0.15, -0.1) is 11.8 Å². The van der Waals surface area contributed by atoms with Gasteiger partial charge in [0.05, 0.1) is 5.02 Å². The standard InChI is InChI=1S/C11H12Cl2O3S/c1-2-16-9(11(14)15)6-17-10-5-7(12)3-4-8(10)13/h3-5,9H,2,6H2,1H3,(H,14,15). The number of thioether (sulfide) groups is 1. The van der Waals surface area contributed by atoms with Crippen molar-refractivity contribution in [2.45, 2.75) is 17.9 Å². The molecule has 0 saturated carbocycles. The summed E-state index contributed by atoms with van der Waals surface area (Å²) in [6, 6.07) is 5.08. The van der Waals surface area contributed by atoms with Gasteiger partial charge < -0.3 is 9.84 Å². The van der Waals surface area contributed by atoms with Crippen molar-refractivity contribution in [3.63, 3.8) is 0 Å². The first-order valence-electron chi connectivity index (χ1n) is 4.96. The van der Waals surface area contributed by atoms with Crippen molar-refractivity contribution in [1.82, 2.24) is 0 Å². The summed E-state index contributed by atoms with van der Waals surface area (Å²) in [5, 5.41) is 10.0. The molecule has 0 saturated heterocycles. The SMILES string of the molecule is CCOC(CSc1cc(Cl)ccc1Cl)C(=O)O. The number of carboxylic acids is 1. The van der Waals surface area contributed by atoms with Gasteiger partial charge in [0, 0.05) is 22.3 Å². The van der Waals surface area contributed by atoms with Crippen molar-refractivity contribution in [3.05, 3.63) is 28.2 Å². The van der Waals surface area contributed by atoms with Crippen molar-refractivity contribution in [2.24, 2.45) is 0 Å². The van der Waals surface area contributed by atoms with Crippen LogP contribution >= 0.6 is 35.0 Å². The van der Waals surface area contributed by atoms with E-state index in [4.69, 9.17) is 33.0 Å². The third-order valence-electron chi connectivity index (χ3n) is 1.93. The van der Waals surface area contributed by atoms with Gasteiger partial charge in [-0.05, 0) is 25.1 Å². The molecule has 0 heterocycles. The number of benzene rings is 1. The first kappa shape index (κ1) is 14.6. The van der Waals surface area contributed by atoms with Gasteiger partial charge in [-0.25, -0.2) is 4.79 Å². The topological polar surface area (TPSA) is 46.5 Å². The average molecular weight is 295 g/mol. The van der Waals surface area contributed by atoms with Gasteiger partial charge in [0.25, 0.3) is 0 Å². The number of rotatable bonds is 6. The smallest absolute Gasteiger partial charge is 0.333 e. The van der Waals surface area contributed by atoms with Crippen LogP contribution in [-0.4, -0.2) is 29.5 Å². The molecule has 0 radical (unpaired) electrons. The van der Waals surface area contributed by atoms with Crippen LogP contribution in [-0.2, 0) is 9.53 Å². The van der Waals surface area contributed by atoms with E-state index in [0.29, 0.717) is 22.4 Å². The zero-order chi connectivity index (χ0) is 12.8. The normalized spacial score (nSPS) is 12.4. The predicted octanol–water partition coefficient (Wildman–Crippen LogP) is 3.58. The number of halogens is 2. The van der Waals surface area contributed by atoms with E-state index in [9.17, 15) is 4.79 Å². The monoisotopic (exact) mass is 294 g/mol. The Morgan fingerprint density at radius 1 is 1.53 bits per heavy atom. The zero-order valence-electron chi connectivity index (χ0n) is 9.15. The Morgan fingerprint density at radius 3 is 2.82 bits per heavy atom. The highest BCUT2D eigenvalue weighted by Gasteiger charge is 2.18. The zero-order valence-corrected chi connectivity index (χ0v) is 11.5. The van der Waals surface area contributed by atoms with Crippen LogP contribution in [0.4, 0.5) is 0 Å². The van der Waals surface area contributed by atoms with Gasteiger partial charge >= 0.3 is 5.97 Å². The lowest BCUT2D eigenvalue weighted by molar-refractivity contribution is -0.148. The molecule has 0 fully saturated rings. The van der Waals surface area contributed by atoms with E-state index in [0.717, 1.165) is 4.90 Å². The number of hydrogen-bond acceptors (Lipinski definition) is 3. The van der Waals surface area contributed by atoms with Crippen LogP contribution in [0.5, 0.6) is 0 Å². The minimum Gasteiger partial charge on any atom is -0.479 e. The fourth-order valence-corrected chi connectivity index (χ4v) is 2.65. The number of aliphatic carboxylic acids is 1. The summed E-state index contributed by atoms with van der Waals surface area (Å²) >= 11 is 13.1. The van der Waals surface area contributed by atoms with Crippen LogP contribution in [0.3, 0.4) is 0 Å². The Bertz CT molecular complexity index is 398. The van der Waals surface area contributed by atoms with E-state index in [1.165, 1.54) is 11.8 Å². The van der Waals surface area contributed by atoms with Gasteiger partial charge in [-0.3, -0.25) is 0 Å². The summed E-state index contributed by atoms with van der Waals surface area (Å²) in [7, 11) is 0. The highest BCUT2D eigenvalue weighted by atomic mass is 35.5. The maximum atomic E-state index is 10.9. The summed E-state index contributed by atoms with van der Waals surface area (Å²) < 4.78 is 5.10. The second kappa shape index (κ2) is 7.11. The molecule has 1 atom stereocenters. The van der Waals surface area contributed by atoms with E-state index in [1.807, 2.05) is 0 Å². The van der Waals surface area contributed by atoms with Gasteiger partial charge in [-0.2, -0.15) is 0 Å². The second-order valence-corrected chi connectivity index (χ2v) is 5.07. The van der Waals surface area contributed by atoms with Crippen LogP contribution in [0.15, 0.2) is 23.1 Å². The lowest BCUT2D eigenvalue weighted by atomic mass is 10.4. The number of carboxylic acid groups (broad SMARTS) is 1. The molecular weight excluding hydrogens is 283 g/mol. The lowest BCUT2D eigenvalue weighted by Crippen LogP contribution is -2.26. The fraction of sp³-hybridized carbons (Fsp3) is 0.364. The number of carbonyl (C=O) groups is 1. The van der Waals surface area contributed by atoms with Crippen molar-refractivity contribution >= 4 is 40.9 Å². The molecule has 1 aromatic carbocycles. The van der Waals surface area contributed by atoms with Gasteiger partial charge in [0.1, 0.15) is 0 Å². The fourth-order valence-electron chi connectivity index (χ4n) is 1.15. The molecular formula is C11H12Cl2O3S. The van der Waals surface area contributed by atoms with E-state index in [1.54, 1.807) is 25.1 Å². The molecule has 0 bridgehead atoms. The van der Waals surface area contributed by atoms with Gasteiger partial charge in [0.2, 0.25) is 0 Å². The molecule has 1 rings (SSSR count). The maximum absolute atomic E-state index is 10.9. The van der Waals surface area contributed by atoms with Crippen LogP contribution in [0.25, 0.3) is 0 Å². The third kappa shape index (κ3) is 4.76. The molecule has 17 heavy (non-hydrogen) atoms. The molecule has 94 valence electrons. The van der Waals surface area contributed by atoms with E-state index >= 15 is 0 Å². The van der Waals surface area contributed by atoms with Crippen molar-refractivity contribution in [3.8, 4) is 0 Å². The Hall–Kier alpha value is -0.420. The molecule has 0 aliphatic heterocycles. The molecule has 6 heteroatoms. The summed E-state index contributed by atoms with van der Waals surface area (Å²) in [6.07, 6.45) is -0.833. The first-order chi connectivity index (χ1) is 8.04. The third-order valence-corrected chi connectivity index (χ3v) is 3.72. The Labute approximate surface area is 114 Å². The minimum atomic E-state index is -0.975. The Morgan fingerprint density at radius 2 is 2.24 bits per heavy atom. The Kier molecular flexibility index (Phi) is 6.12. The lowest BCUT2D eigenvalue weighted by Gasteiger charge is -2.12. The molecule has 0 aliphatic rings. The van der Waals surface area contributed by atoms with Crippen molar-refractivity contribution in [2.75, 3.05) is 12.4 Å². The summed E-state index contributed by atoms with van der Waals surface area (Å²) in [6.45, 7) is 2.12. The molecule has 1 aromatic rings. The molecule has 1 N–H and O–H groups in total. The number of ether oxygens (including phenoxy) is 1. The van der Waals surface area contributed by atoms with Crippen LogP contribution < -0.4 is 0 Å². The molecule has 3 nitrogen and oxygen atoms in total. The predicted molar refractivity (Wildman–Crippen MR) is 70.2 cm³/mol. The molecule has 0 aromatic heterocycles. The highest BCUT2D eigenvalue weighted by molar-refractivity contribution is 7.99. The summed E-state index contributed by atoms with van der Waals surface area (Å²) in [5.74, 6) is -0.680. The van der Waals surface area contributed by atoms with Crippen LogP contribution in [0.1, 0.15) is 6.92 Å². The molecule has 1 unspecified atom stereocenters. The summed E-state index contributed by atoms with van der Waals surface area (Å²) in [5.41, 5.74) is 0. The molecule has 0 spiro atoms. The van der Waals surface area contributed by atoms with E-state index in [2.05, 4.69) is 0 Å². The van der Waals surface area contributed by atoms with Crippen LogP contribution in [0.2, 0.25) is 10.0 Å². The van der Waals surface area contributed by atoms with Crippen molar-refractivity contribution < 1.29 is 14.6 Å². The first-order valence-corrected chi connectivity index (χ1v) is 6.71. The van der Waals surface area contributed by atoms with Gasteiger partial charge in [0.15, 0.2) is 6.10 Å². The summed E-state index contributed by atoms with van der Waals surface area (Å²) in [4.78, 5) is 11.6. The maximum Gasteiger partial charge on any atom is 0.333 e. The second-order valence-electron chi connectivity index (χ2n) is 3.17. The van der Waals surface area contributed by atoms with Crippen molar-refractivity contribution in [1.29, 1.82) is 0 Å². The van der Waals surface area contributed by atoms with Gasteiger partial charge in [-0.1, -0.05) is 23.2 Å². The Balaban J connectivity index is 2.64. The highest BCUT2D eigenvalue weighted by Crippen LogP contribution is 2.30. The largest absolute Gasteiger partial charge is 0.479 e. The van der Waals surface area contributed by atoms with E-state index in [-0.39, 0.29) is 0 Å². The minimum absolute atomic E-state index is 0.295. The van der Waals surface area contributed by atoms with E-state index < -0.39 is 12.1 Å². The van der Waals surface area contributed by atoms with Crippen LogP contribution in [0, 0.1) is 0 Å². The molecule has 0 amide bonds. The quantitative estimate of drug-likeness (QED) is 0.815.